The van der Waals surface area contributed by atoms with E-state index in [0.29, 0.717) is 16.4 Å². The number of thiocarbonyl (C=S) groups is 1. The quantitative estimate of drug-likeness (QED) is 0.285. The van der Waals surface area contributed by atoms with Crippen molar-refractivity contribution in [1.29, 1.82) is 10.7 Å². The van der Waals surface area contributed by atoms with Crippen LogP contribution in [0.3, 0.4) is 0 Å². The van der Waals surface area contributed by atoms with E-state index >= 15 is 0 Å². The molecule has 1 N–H and O–H groups in total. The number of hydrogen-bond donors (Lipinski definition) is 1. The number of nitriles is 1. The lowest BCUT2D eigenvalue weighted by Gasteiger charge is -2.32. The van der Waals surface area contributed by atoms with Gasteiger partial charge < -0.3 is 0 Å². The smallest absolute Gasteiger partial charge is 0.127 e. The first-order valence-corrected chi connectivity index (χ1v) is 10.7. The highest BCUT2D eigenvalue weighted by Gasteiger charge is 2.26. The average molecular weight is 440 g/mol. The molecule has 0 heterocycles. The van der Waals surface area contributed by atoms with Crippen LogP contribution in [0.4, 0.5) is 10.1 Å². The van der Waals surface area contributed by atoms with Crippen LogP contribution in [0, 0.1) is 41.8 Å². The van der Waals surface area contributed by atoms with E-state index in [9.17, 15) is 4.39 Å². The molecule has 2 rings (SSSR count). The highest BCUT2D eigenvalue weighted by molar-refractivity contribution is 7.80. The number of hydrogen-bond acceptors (Lipinski definition) is 3. The lowest BCUT2D eigenvalue weighted by molar-refractivity contribution is 0.522. The summed E-state index contributed by atoms with van der Waals surface area (Å²) in [5.41, 5.74) is 3.74. The van der Waals surface area contributed by atoms with Crippen LogP contribution in [0.5, 0.6) is 0 Å². The predicted octanol–water partition coefficient (Wildman–Crippen LogP) is 7.48. The fourth-order valence-corrected chi connectivity index (χ4v) is 3.14. The molecule has 31 heavy (non-hydrogen) atoms. The van der Waals surface area contributed by atoms with Gasteiger partial charge in [0, 0.05) is 11.1 Å². The Morgan fingerprint density at radius 2 is 1.61 bits per heavy atom. The van der Waals surface area contributed by atoms with Crippen LogP contribution in [0.2, 0.25) is 0 Å². The molecule has 0 bridgehead atoms. The van der Waals surface area contributed by atoms with Crippen molar-refractivity contribution in [3.05, 3.63) is 64.5 Å². The summed E-state index contributed by atoms with van der Waals surface area (Å²) in [5.74, 6) is 0.353. The van der Waals surface area contributed by atoms with Gasteiger partial charge >= 0.3 is 0 Å². The second-order valence-electron chi connectivity index (χ2n) is 9.80. The van der Waals surface area contributed by atoms with Gasteiger partial charge in [-0.1, -0.05) is 65.9 Å². The van der Waals surface area contributed by atoms with Crippen molar-refractivity contribution >= 4 is 28.7 Å². The van der Waals surface area contributed by atoms with Gasteiger partial charge in [0.15, 0.2) is 0 Å². The lowest BCUT2D eigenvalue weighted by Crippen LogP contribution is -2.41. The van der Waals surface area contributed by atoms with Crippen LogP contribution >= 0.6 is 12.2 Å². The van der Waals surface area contributed by atoms with E-state index in [0.717, 1.165) is 22.4 Å². The maximum atomic E-state index is 13.3. The van der Waals surface area contributed by atoms with Crippen LogP contribution in [0.1, 0.15) is 70.7 Å². The molecular formula is C26H34FN3S. The van der Waals surface area contributed by atoms with Crippen molar-refractivity contribution in [2.24, 2.45) is 5.41 Å². The van der Waals surface area contributed by atoms with Crippen LogP contribution in [0.25, 0.3) is 0 Å². The number of nitrogens with one attached hydrogen (secondary N) is 1. The zero-order valence-electron chi connectivity index (χ0n) is 20.1. The maximum Gasteiger partial charge on any atom is 0.127 e. The molecule has 0 aromatic heterocycles. The maximum absolute atomic E-state index is 13.3. The Labute approximate surface area is 192 Å². The summed E-state index contributed by atoms with van der Waals surface area (Å²) in [6, 6.07) is 13.0. The van der Waals surface area contributed by atoms with Gasteiger partial charge in [0.1, 0.15) is 11.7 Å². The van der Waals surface area contributed by atoms with Crippen LogP contribution in [-0.2, 0) is 5.41 Å². The van der Waals surface area contributed by atoms with Gasteiger partial charge in [-0.3, -0.25) is 10.3 Å². The molecule has 0 amide bonds. The Morgan fingerprint density at radius 1 is 1.03 bits per heavy atom. The van der Waals surface area contributed by atoms with Gasteiger partial charge in [-0.2, -0.15) is 5.26 Å². The Kier molecular flexibility index (Phi) is 8.66. The largest absolute Gasteiger partial charge is 0.293 e. The number of halogens is 1. The first-order valence-electron chi connectivity index (χ1n) is 10.3. The summed E-state index contributed by atoms with van der Waals surface area (Å²) >= 11 is 5.27. The first-order chi connectivity index (χ1) is 14.1. The molecular weight excluding hydrogens is 405 g/mol. The van der Waals surface area contributed by atoms with E-state index in [2.05, 4.69) is 6.07 Å². The summed E-state index contributed by atoms with van der Waals surface area (Å²) in [6.45, 7) is 17.6. The van der Waals surface area contributed by atoms with E-state index in [4.69, 9.17) is 22.9 Å². The monoisotopic (exact) mass is 439 g/mol. The first kappa shape index (κ1) is 26.5. The van der Waals surface area contributed by atoms with Gasteiger partial charge in [0.05, 0.1) is 16.6 Å². The van der Waals surface area contributed by atoms with E-state index in [-0.39, 0.29) is 16.6 Å². The van der Waals surface area contributed by atoms with Gasteiger partial charge in [-0.25, -0.2) is 4.39 Å². The normalized spacial score (nSPS) is 11.1. The second kappa shape index (κ2) is 10.2. The van der Waals surface area contributed by atoms with Crippen molar-refractivity contribution in [2.75, 3.05) is 4.90 Å². The summed E-state index contributed by atoms with van der Waals surface area (Å²) in [6.07, 6.45) is 0. The van der Waals surface area contributed by atoms with Gasteiger partial charge in [0.25, 0.3) is 0 Å². The Balaban J connectivity index is 0.000000343. The third kappa shape index (κ3) is 7.25. The van der Waals surface area contributed by atoms with Crippen LogP contribution < -0.4 is 4.90 Å². The average Bonchev–Trinajstić information content (AvgIpc) is 2.60. The molecule has 0 aliphatic carbocycles. The molecule has 2 aromatic rings. The fraction of sp³-hybridized carbons (Fsp3) is 0.423. The van der Waals surface area contributed by atoms with Crippen molar-refractivity contribution in [1.82, 2.24) is 0 Å². The zero-order chi connectivity index (χ0) is 24.1. The standard InChI is InChI=1S/C15H19N3S.C11H15F/c1-10-8-13(7-6-12(10)9-16)18(11(2)19)14(17)15(3,4)5;1-8-5-6-9(10(12)7-8)11(2,3)4/h6-8,17H,1-5H3;5-7H,1-4H3. The lowest BCUT2D eigenvalue weighted by atomic mass is 9.86. The van der Waals surface area contributed by atoms with E-state index in [1.54, 1.807) is 17.0 Å². The molecule has 166 valence electrons. The second-order valence-corrected chi connectivity index (χ2v) is 10.4. The molecule has 0 radical (unpaired) electrons. The molecule has 3 nitrogen and oxygen atoms in total. The molecule has 0 unspecified atom stereocenters. The number of amidine groups is 1. The highest BCUT2D eigenvalue weighted by atomic mass is 32.1. The van der Waals surface area contributed by atoms with Crippen molar-refractivity contribution in [2.45, 2.75) is 67.7 Å². The number of anilines is 1. The van der Waals surface area contributed by atoms with E-state index in [1.165, 1.54) is 0 Å². The van der Waals surface area contributed by atoms with Crippen LogP contribution in [-0.4, -0.2) is 10.8 Å². The van der Waals surface area contributed by atoms with Crippen LogP contribution in [0.15, 0.2) is 36.4 Å². The predicted molar refractivity (Wildman–Crippen MR) is 134 cm³/mol. The molecule has 5 heteroatoms. The number of rotatable bonds is 1. The minimum atomic E-state index is -0.290. The third-order valence-corrected chi connectivity index (χ3v) is 4.95. The molecule has 0 fully saturated rings. The molecule has 0 aliphatic heterocycles. The Hall–Kier alpha value is -2.58. The third-order valence-electron chi connectivity index (χ3n) is 4.77. The summed E-state index contributed by atoms with van der Waals surface area (Å²) in [5, 5.41) is 17.3. The molecule has 0 saturated heterocycles. The van der Waals surface area contributed by atoms with Gasteiger partial charge in [-0.05, 0) is 67.1 Å². The molecule has 0 spiro atoms. The Bertz CT molecular complexity index is 1000. The minimum Gasteiger partial charge on any atom is -0.293 e. The zero-order valence-corrected chi connectivity index (χ0v) is 21.0. The van der Waals surface area contributed by atoms with Crippen molar-refractivity contribution in [3.8, 4) is 6.07 Å². The fourth-order valence-electron chi connectivity index (χ4n) is 2.94. The van der Waals surface area contributed by atoms with E-state index < -0.39 is 0 Å². The highest BCUT2D eigenvalue weighted by Crippen LogP contribution is 2.26. The summed E-state index contributed by atoms with van der Waals surface area (Å²) in [7, 11) is 0. The van der Waals surface area contributed by atoms with E-state index in [1.807, 2.05) is 86.6 Å². The number of benzene rings is 2. The van der Waals surface area contributed by atoms with Gasteiger partial charge in [-0.15, -0.1) is 0 Å². The SMILES string of the molecule is CC(=S)N(C(=N)C(C)(C)C)c1ccc(C#N)c(C)c1.Cc1ccc(C(C)(C)C)c(F)c1. The molecule has 0 atom stereocenters. The molecule has 2 aromatic carbocycles. The summed E-state index contributed by atoms with van der Waals surface area (Å²) < 4.78 is 13.3. The molecule has 0 saturated carbocycles. The summed E-state index contributed by atoms with van der Waals surface area (Å²) in [4.78, 5) is 2.38. The molecule has 0 aliphatic rings. The van der Waals surface area contributed by atoms with Crippen molar-refractivity contribution < 1.29 is 4.39 Å². The topological polar surface area (TPSA) is 50.9 Å². The minimum absolute atomic E-state index is 0.0949. The van der Waals surface area contributed by atoms with Crippen molar-refractivity contribution in [3.63, 3.8) is 0 Å². The Morgan fingerprint density at radius 3 is 2.00 bits per heavy atom. The number of aryl methyl sites for hydroxylation is 2. The van der Waals surface area contributed by atoms with Gasteiger partial charge in [0.2, 0.25) is 0 Å². The number of nitrogens with zero attached hydrogens (tertiary/aromatic N) is 2.